The summed E-state index contributed by atoms with van der Waals surface area (Å²) in [6.45, 7) is 4.99. The number of ketones is 1. The molecule has 5 saturated carbocycles. The summed E-state index contributed by atoms with van der Waals surface area (Å²) < 4.78 is 11.2. The van der Waals surface area contributed by atoms with Crippen molar-refractivity contribution in [3.63, 3.8) is 0 Å². The number of hydrogen-bond donors (Lipinski definition) is 1. The van der Waals surface area contributed by atoms with Crippen molar-refractivity contribution >= 4 is 17.7 Å². The fraction of sp³-hybridized carbons (Fsp3) is 0.864. The highest BCUT2D eigenvalue weighted by atomic mass is 16.6. The Morgan fingerprint density at radius 2 is 1.89 bits per heavy atom. The Kier molecular flexibility index (Phi) is 4.64. The Balaban J connectivity index is 1.37. The Hall–Kier alpha value is -1.43. The maximum absolute atomic E-state index is 12.8. The van der Waals surface area contributed by atoms with Crippen LogP contribution in [0.15, 0.2) is 0 Å². The second kappa shape index (κ2) is 6.54. The SMILES string of the molecule is CC(C)C1(OC(=O)C(C)(O)COC(=O)C23CC4CC(C2)C(C3)C4=O)CCCC1. The number of hydrogen-bond acceptors (Lipinski definition) is 6. The number of carbonyl (C=O) groups is 3. The molecule has 0 spiro atoms. The highest BCUT2D eigenvalue weighted by Crippen LogP contribution is 2.63. The van der Waals surface area contributed by atoms with Gasteiger partial charge in [0.1, 0.15) is 18.0 Å². The van der Waals surface area contributed by atoms with Gasteiger partial charge in [-0.25, -0.2) is 4.79 Å². The average Bonchev–Trinajstić information content (AvgIpc) is 3.27. The lowest BCUT2D eigenvalue weighted by atomic mass is 9.69. The molecule has 156 valence electrons. The molecule has 0 amide bonds. The van der Waals surface area contributed by atoms with Gasteiger partial charge < -0.3 is 14.6 Å². The first kappa shape index (κ1) is 19.9. The zero-order valence-corrected chi connectivity index (χ0v) is 17.2. The molecule has 4 bridgehead atoms. The van der Waals surface area contributed by atoms with Crippen LogP contribution in [0.2, 0.25) is 0 Å². The van der Waals surface area contributed by atoms with E-state index in [0.717, 1.165) is 32.1 Å². The molecule has 5 fully saturated rings. The van der Waals surface area contributed by atoms with Crippen LogP contribution in [-0.2, 0) is 23.9 Å². The minimum absolute atomic E-state index is 0.00467. The van der Waals surface area contributed by atoms with Crippen LogP contribution in [-0.4, -0.2) is 40.6 Å². The summed E-state index contributed by atoms with van der Waals surface area (Å²) in [6, 6.07) is 0. The molecule has 0 radical (unpaired) electrons. The molecule has 6 nitrogen and oxygen atoms in total. The van der Waals surface area contributed by atoms with E-state index < -0.39 is 29.2 Å². The first-order valence-electron chi connectivity index (χ1n) is 10.8. The normalized spacial score (nSPS) is 37.3. The Morgan fingerprint density at radius 1 is 1.21 bits per heavy atom. The van der Waals surface area contributed by atoms with Crippen molar-refractivity contribution in [1.82, 2.24) is 0 Å². The fourth-order valence-electron chi connectivity index (χ4n) is 6.24. The van der Waals surface area contributed by atoms with E-state index in [2.05, 4.69) is 0 Å². The van der Waals surface area contributed by atoms with E-state index in [1.54, 1.807) is 0 Å². The molecule has 0 aliphatic heterocycles. The van der Waals surface area contributed by atoms with Gasteiger partial charge in [-0.05, 0) is 70.1 Å². The Labute approximate surface area is 166 Å². The van der Waals surface area contributed by atoms with Gasteiger partial charge in [-0.3, -0.25) is 9.59 Å². The first-order valence-corrected chi connectivity index (χ1v) is 10.8. The molecule has 0 heterocycles. The summed E-state index contributed by atoms with van der Waals surface area (Å²) in [5.74, 6) is -0.314. The third-order valence-electron chi connectivity index (χ3n) is 7.98. The van der Waals surface area contributed by atoms with Crippen molar-refractivity contribution in [2.45, 2.75) is 83.3 Å². The van der Waals surface area contributed by atoms with Crippen LogP contribution in [0.1, 0.15) is 72.1 Å². The van der Waals surface area contributed by atoms with Gasteiger partial charge >= 0.3 is 11.9 Å². The summed E-state index contributed by atoms with van der Waals surface area (Å²) in [6.07, 6.45) is 6.33. The minimum atomic E-state index is -1.87. The lowest BCUT2D eigenvalue weighted by molar-refractivity contribution is -0.193. The van der Waals surface area contributed by atoms with Gasteiger partial charge in [0.15, 0.2) is 5.60 Å². The first-order chi connectivity index (χ1) is 13.1. The zero-order chi connectivity index (χ0) is 20.3. The molecule has 28 heavy (non-hydrogen) atoms. The lowest BCUT2D eigenvalue weighted by Crippen LogP contribution is -2.49. The van der Waals surface area contributed by atoms with Crippen molar-refractivity contribution in [3.05, 3.63) is 0 Å². The number of aliphatic hydroxyl groups is 1. The van der Waals surface area contributed by atoms with Gasteiger partial charge in [0.05, 0.1) is 5.41 Å². The highest BCUT2D eigenvalue weighted by molar-refractivity contribution is 5.92. The van der Waals surface area contributed by atoms with Gasteiger partial charge in [0.25, 0.3) is 0 Å². The molecule has 6 heteroatoms. The van der Waals surface area contributed by atoms with E-state index in [4.69, 9.17) is 9.47 Å². The van der Waals surface area contributed by atoms with E-state index >= 15 is 0 Å². The predicted octanol–water partition coefficient (Wildman–Crippen LogP) is 2.80. The van der Waals surface area contributed by atoms with E-state index in [1.807, 2.05) is 13.8 Å². The quantitative estimate of drug-likeness (QED) is 0.699. The number of Topliss-reactive ketones (excluding diaryl/α,β-unsaturated/α-hetero) is 1. The van der Waals surface area contributed by atoms with E-state index in [1.165, 1.54) is 6.92 Å². The van der Waals surface area contributed by atoms with Crippen LogP contribution in [0.3, 0.4) is 0 Å². The predicted molar refractivity (Wildman–Crippen MR) is 100 cm³/mol. The minimum Gasteiger partial charge on any atom is -0.462 e. The fourth-order valence-corrected chi connectivity index (χ4v) is 6.24. The maximum atomic E-state index is 12.8. The molecule has 5 unspecified atom stereocenters. The Morgan fingerprint density at radius 3 is 2.46 bits per heavy atom. The molecular weight excluding hydrogens is 360 g/mol. The smallest absolute Gasteiger partial charge is 0.342 e. The van der Waals surface area contributed by atoms with E-state index in [-0.39, 0.29) is 23.7 Å². The van der Waals surface area contributed by atoms with Crippen molar-refractivity contribution in [1.29, 1.82) is 0 Å². The second-order valence-corrected chi connectivity index (χ2v) is 10.3. The zero-order valence-electron chi connectivity index (χ0n) is 17.2. The van der Waals surface area contributed by atoms with Gasteiger partial charge in [-0.15, -0.1) is 0 Å². The maximum Gasteiger partial charge on any atom is 0.342 e. The molecule has 5 rings (SSSR count). The summed E-state index contributed by atoms with van der Waals surface area (Å²) in [7, 11) is 0. The van der Waals surface area contributed by atoms with Gasteiger partial charge in [-0.2, -0.15) is 0 Å². The van der Waals surface area contributed by atoms with E-state index in [0.29, 0.717) is 31.0 Å². The van der Waals surface area contributed by atoms with Gasteiger partial charge in [-0.1, -0.05) is 13.8 Å². The lowest BCUT2D eigenvalue weighted by Gasteiger charge is -2.37. The third-order valence-corrected chi connectivity index (χ3v) is 7.98. The molecule has 5 aliphatic rings. The summed E-state index contributed by atoms with van der Waals surface area (Å²) >= 11 is 0. The number of ether oxygens (including phenoxy) is 2. The average molecular weight is 392 g/mol. The number of carbonyl (C=O) groups excluding carboxylic acids is 3. The van der Waals surface area contributed by atoms with Crippen LogP contribution in [0, 0.1) is 29.1 Å². The topological polar surface area (TPSA) is 89.9 Å². The standard InChI is InChI=1S/C22H32O6/c1-13(2)22(6-4-5-7-22)28-18(24)20(3,26)12-27-19(25)21-9-14-8-15(10-21)17(23)16(14)11-21/h13-16,26H,4-12H2,1-3H3. The van der Waals surface area contributed by atoms with Crippen molar-refractivity contribution in [3.8, 4) is 0 Å². The largest absolute Gasteiger partial charge is 0.462 e. The van der Waals surface area contributed by atoms with Gasteiger partial charge in [0.2, 0.25) is 0 Å². The van der Waals surface area contributed by atoms with Crippen LogP contribution < -0.4 is 0 Å². The molecule has 0 aromatic rings. The Bertz CT molecular complexity index is 685. The molecule has 1 N–H and O–H groups in total. The molecule has 5 aliphatic carbocycles. The molecule has 0 saturated heterocycles. The van der Waals surface area contributed by atoms with Crippen LogP contribution >= 0.6 is 0 Å². The third kappa shape index (κ3) is 2.99. The number of rotatable bonds is 6. The van der Waals surface area contributed by atoms with Crippen LogP contribution in [0.4, 0.5) is 0 Å². The molecule has 5 atom stereocenters. The molecular formula is C22H32O6. The van der Waals surface area contributed by atoms with Crippen molar-refractivity contribution < 1.29 is 29.0 Å². The summed E-state index contributed by atoms with van der Waals surface area (Å²) in [4.78, 5) is 37.7. The van der Waals surface area contributed by atoms with Gasteiger partial charge in [0, 0.05) is 11.8 Å². The monoisotopic (exact) mass is 392 g/mol. The van der Waals surface area contributed by atoms with E-state index in [9.17, 15) is 19.5 Å². The summed E-state index contributed by atoms with van der Waals surface area (Å²) in [5, 5.41) is 10.7. The molecule has 0 aromatic heterocycles. The second-order valence-electron chi connectivity index (χ2n) is 10.3. The van der Waals surface area contributed by atoms with Crippen molar-refractivity contribution in [2.24, 2.45) is 29.1 Å². The summed E-state index contributed by atoms with van der Waals surface area (Å²) in [5.41, 5.74) is -3.01. The van der Waals surface area contributed by atoms with Crippen LogP contribution in [0.5, 0.6) is 0 Å². The number of esters is 2. The highest BCUT2D eigenvalue weighted by Gasteiger charge is 2.64. The molecule has 0 aromatic carbocycles. The van der Waals surface area contributed by atoms with Crippen molar-refractivity contribution in [2.75, 3.05) is 6.61 Å². The van der Waals surface area contributed by atoms with Crippen LogP contribution in [0.25, 0.3) is 0 Å².